The fourth-order valence-corrected chi connectivity index (χ4v) is 4.19. The van der Waals surface area contributed by atoms with Crippen molar-refractivity contribution in [3.63, 3.8) is 0 Å². The zero-order valence-corrected chi connectivity index (χ0v) is 13.7. The molecule has 2 saturated heterocycles. The number of piperidine rings is 2. The summed E-state index contributed by atoms with van der Waals surface area (Å²) in [5.41, 5.74) is 0. The Morgan fingerprint density at radius 3 is 2.35 bits per heavy atom. The molecular weight excluding hydrogens is 274 g/mol. The summed E-state index contributed by atoms with van der Waals surface area (Å²) in [6.07, 6.45) is 6.02. The van der Waals surface area contributed by atoms with Crippen LogP contribution in [0.5, 0.6) is 0 Å². The molecule has 2 aliphatic rings. The molecule has 1 atom stereocenters. The van der Waals surface area contributed by atoms with E-state index in [4.69, 9.17) is 0 Å². The maximum atomic E-state index is 11.6. The van der Waals surface area contributed by atoms with Gasteiger partial charge in [-0.2, -0.15) is 0 Å². The molecular formula is C14H29N3O2S. The van der Waals surface area contributed by atoms with Crippen LogP contribution >= 0.6 is 0 Å². The van der Waals surface area contributed by atoms with Gasteiger partial charge in [-0.15, -0.1) is 0 Å². The van der Waals surface area contributed by atoms with Crippen molar-refractivity contribution in [3.8, 4) is 0 Å². The SMILES string of the molecule is CN1CCC(CNCC2CCCN(S(C)(=O)=O)C2)CC1. The second-order valence-electron chi connectivity index (χ2n) is 6.53. The van der Waals surface area contributed by atoms with E-state index in [0.717, 1.165) is 31.8 Å². The molecule has 0 amide bonds. The number of likely N-dealkylation sites (tertiary alicyclic amines) is 1. The molecule has 1 unspecified atom stereocenters. The van der Waals surface area contributed by atoms with E-state index in [1.807, 2.05) is 0 Å². The highest BCUT2D eigenvalue weighted by Gasteiger charge is 2.25. The monoisotopic (exact) mass is 303 g/mol. The molecule has 0 aliphatic carbocycles. The van der Waals surface area contributed by atoms with Crippen LogP contribution in [0.25, 0.3) is 0 Å². The molecule has 0 bridgehead atoms. The Hall–Kier alpha value is -0.170. The fourth-order valence-electron chi connectivity index (χ4n) is 3.25. The smallest absolute Gasteiger partial charge is 0.211 e. The molecule has 0 saturated carbocycles. The summed E-state index contributed by atoms with van der Waals surface area (Å²) in [7, 11) is -0.824. The number of rotatable bonds is 5. The van der Waals surface area contributed by atoms with Crippen molar-refractivity contribution in [2.75, 3.05) is 52.6 Å². The summed E-state index contributed by atoms with van der Waals surface area (Å²) in [5.74, 6) is 1.27. The van der Waals surface area contributed by atoms with Gasteiger partial charge in [0.15, 0.2) is 0 Å². The summed E-state index contributed by atoms with van der Waals surface area (Å²) in [4.78, 5) is 2.39. The predicted molar refractivity (Wildman–Crippen MR) is 82.2 cm³/mol. The average molecular weight is 303 g/mol. The van der Waals surface area contributed by atoms with Crippen LogP contribution in [0.4, 0.5) is 0 Å². The number of sulfonamides is 1. The lowest BCUT2D eigenvalue weighted by atomic mass is 9.96. The topological polar surface area (TPSA) is 52.6 Å². The third kappa shape index (κ3) is 4.98. The van der Waals surface area contributed by atoms with Gasteiger partial charge in [0.25, 0.3) is 0 Å². The molecule has 6 heteroatoms. The van der Waals surface area contributed by atoms with E-state index in [1.165, 1.54) is 32.2 Å². The van der Waals surface area contributed by atoms with E-state index < -0.39 is 10.0 Å². The van der Waals surface area contributed by atoms with Crippen molar-refractivity contribution < 1.29 is 8.42 Å². The zero-order valence-electron chi connectivity index (χ0n) is 12.8. The van der Waals surface area contributed by atoms with Crippen LogP contribution in [0.1, 0.15) is 25.7 Å². The largest absolute Gasteiger partial charge is 0.316 e. The minimum Gasteiger partial charge on any atom is -0.316 e. The maximum absolute atomic E-state index is 11.6. The molecule has 2 fully saturated rings. The second kappa shape index (κ2) is 7.20. The quantitative estimate of drug-likeness (QED) is 0.808. The Morgan fingerprint density at radius 2 is 1.70 bits per heavy atom. The number of nitrogens with zero attached hydrogens (tertiary/aromatic N) is 2. The molecule has 0 spiro atoms. The highest BCUT2D eigenvalue weighted by Crippen LogP contribution is 2.19. The van der Waals surface area contributed by atoms with Gasteiger partial charge >= 0.3 is 0 Å². The van der Waals surface area contributed by atoms with Gasteiger partial charge < -0.3 is 10.2 Å². The molecule has 5 nitrogen and oxygen atoms in total. The van der Waals surface area contributed by atoms with E-state index in [1.54, 1.807) is 4.31 Å². The van der Waals surface area contributed by atoms with Gasteiger partial charge in [-0.1, -0.05) is 0 Å². The first-order chi connectivity index (χ1) is 9.45. The third-order valence-electron chi connectivity index (χ3n) is 4.65. The Labute approximate surface area is 123 Å². The van der Waals surface area contributed by atoms with Gasteiger partial charge in [0, 0.05) is 13.1 Å². The minimum absolute atomic E-state index is 0.477. The van der Waals surface area contributed by atoms with Crippen LogP contribution in [0, 0.1) is 11.8 Å². The van der Waals surface area contributed by atoms with Crippen molar-refractivity contribution in [3.05, 3.63) is 0 Å². The molecule has 0 aromatic heterocycles. The standard InChI is InChI=1S/C14H29N3O2S/c1-16-8-5-13(6-9-16)10-15-11-14-4-3-7-17(12-14)20(2,18)19/h13-15H,3-12H2,1-2H3. The molecule has 2 aliphatic heterocycles. The van der Waals surface area contributed by atoms with E-state index in [9.17, 15) is 8.42 Å². The Kier molecular flexibility index (Phi) is 5.84. The summed E-state index contributed by atoms with van der Waals surface area (Å²) in [6, 6.07) is 0. The summed E-state index contributed by atoms with van der Waals surface area (Å²) in [5, 5.41) is 3.57. The molecule has 0 aromatic rings. The first-order valence-electron chi connectivity index (χ1n) is 7.79. The molecule has 20 heavy (non-hydrogen) atoms. The fraction of sp³-hybridized carbons (Fsp3) is 1.00. The molecule has 118 valence electrons. The second-order valence-corrected chi connectivity index (χ2v) is 8.52. The number of nitrogens with one attached hydrogen (secondary N) is 1. The van der Waals surface area contributed by atoms with Gasteiger partial charge in [-0.25, -0.2) is 12.7 Å². The van der Waals surface area contributed by atoms with Crippen LogP contribution < -0.4 is 5.32 Å². The molecule has 2 heterocycles. The van der Waals surface area contributed by atoms with Crippen LogP contribution in [0.2, 0.25) is 0 Å². The normalized spacial score (nSPS) is 27.8. The van der Waals surface area contributed by atoms with E-state index in [0.29, 0.717) is 19.0 Å². The van der Waals surface area contributed by atoms with Crippen LogP contribution in [0.3, 0.4) is 0 Å². The third-order valence-corrected chi connectivity index (χ3v) is 5.92. The molecule has 0 radical (unpaired) electrons. The predicted octanol–water partition coefficient (Wildman–Crippen LogP) is 0.589. The highest BCUT2D eigenvalue weighted by atomic mass is 32.2. The lowest BCUT2D eigenvalue weighted by molar-refractivity contribution is 0.209. The summed E-state index contributed by atoms with van der Waals surface area (Å²) in [6.45, 7) is 5.85. The highest BCUT2D eigenvalue weighted by molar-refractivity contribution is 7.88. The van der Waals surface area contributed by atoms with Crippen LogP contribution in [-0.2, 0) is 10.0 Å². The van der Waals surface area contributed by atoms with Crippen molar-refractivity contribution in [1.82, 2.24) is 14.5 Å². The first kappa shape index (κ1) is 16.2. The van der Waals surface area contributed by atoms with Gasteiger partial charge in [-0.05, 0) is 70.7 Å². The van der Waals surface area contributed by atoms with E-state index in [-0.39, 0.29) is 0 Å². The summed E-state index contributed by atoms with van der Waals surface area (Å²) >= 11 is 0. The lowest BCUT2D eigenvalue weighted by Crippen LogP contribution is -2.43. The first-order valence-corrected chi connectivity index (χ1v) is 9.64. The zero-order chi connectivity index (χ0) is 14.6. The number of hydrogen-bond donors (Lipinski definition) is 1. The van der Waals surface area contributed by atoms with Crippen molar-refractivity contribution in [1.29, 1.82) is 0 Å². The van der Waals surface area contributed by atoms with Crippen molar-refractivity contribution >= 4 is 10.0 Å². The molecule has 1 N–H and O–H groups in total. The van der Waals surface area contributed by atoms with Crippen molar-refractivity contribution in [2.45, 2.75) is 25.7 Å². The van der Waals surface area contributed by atoms with Gasteiger partial charge in [0.1, 0.15) is 0 Å². The van der Waals surface area contributed by atoms with Gasteiger partial charge in [-0.3, -0.25) is 0 Å². The summed E-state index contributed by atoms with van der Waals surface area (Å²) < 4.78 is 24.8. The molecule has 0 aromatic carbocycles. The average Bonchev–Trinajstić information content (AvgIpc) is 2.40. The maximum Gasteiger partial charge on any atom is 0.211 e. The van der Waals surface area contributed by atoms with Crippen LogP contribution in [-0.4, -0.2) is 70.2 Å². The van der Waals surface area contributed by atoms with Crippen molar-refractivity contribution in [2.24, 2.45) is 11.8 Å². The van der Waals surface area contributed by atoms with E-state index in [2.05, 4.69) is 17.3 Å². The van der Waals surface area contributed by atoms with E-state index >= 15 is 0 Å². The molecule has 2 rings (SSSR count). The lowest BCUT2D eigenvalue weighted by Gasteiger charge is -2.32. The Morgan fingerprint density at radius 1 is 1.05 bits per heavy atom. The number of hydrogen-bond acceptors (Lipinski definition) is 4. The van der Waals surface area contributed by atoms with Crippen LogP contribution in [0.15, 0.2) is 0 Å². The van der Waals surface area contributed by atoms with Gasteiger partial charge in [0.05, 0.1) is 6.26 Å². The van der Waals surface area contributed by atoms with Gasteiger partial charge in [0.2, 0.25) is 10.0 Å². The Balaban J connectivity index is 1.66. The minimum atomic E-state index is -3.01. The Bertz CT molecular complexity index is 391.